The van der Waals surface area contributed by atoms with Gasteiger partial charge in [0.25, 0.3) is 0 Å². The maximum Gasteiger partial charge on any atom is 0.248 e. The fraction of sp³-hybridized carbons (Fsp3) is 0.304. The smallest absolute Gasteiger partial charge is 0.248 e. The Labute approximate surface area is 184 Å². The maximum absolute atomic E-state index is 13.1. The number of hydrogen-bond donors (Lipinski definition) is 2. The number of hydrogen-bond acceptors (Lipinski definition) is 6. The molecule has 0 spiro atoms. The molecule has 1 unspecified atom stereocenters. The third kappa shape index (κ3) is 5.36. The third-order valence-electron chi connectivity index (χ3n) is 5.51. The summed E-state index contributed by atoms with van der Waals surface area (Å²) < 4.78 is 18.6. The second-order valence-corrected chi connectivity index (χ2v) is 7.84. The van der Waals surface area contributed by atoms with Gasteiger partial charge in [-0.05, 0) is 67.9 Å². The number of halogens is 1. The fourth-order valence-corrected chi connectivity index (χ4v) is 3.78. The van der Waals surface area contributed by atoms with Gasteiger partial charge in [0.1, 0.15) is 5.82 Å². The number of likely N-dealkylation sites (tertiary alicyclic amines) is 1. The summed E-state index contributed by atoms with van der Waals surface area (Å²) in [5.74, 6) is 0.178. The quantitative estimate of drug-likeness (QED) is 0.587. The molecule has 2 heterocycles. The number of anilines is 1. The maximum atomic E-state index is 13.1. The van der Waals surface area contributed by atoms with Crippen molar-refractivity contribution in [2.24, 2.45) is 5.73 Å². The molecule has 2 amide bonds. The summed E-state index contributed by atoms with van der Waals surface area (Å²) in [4.78, 5) is 30.2. The van der Waals surface area contributed by atoms with E-state index in [0.29, 0.717) is 41.5 Å². The summed E-state index contributed by atoms with van der Waals surface area (Å²) in [6.07, 6.45) is 2.24. The highest BCUT2D eigenvalue weighted by molar-refractivity contribution is 5.94. The molecule has 3 N–H and O–H groups in total. The fourth-order valence-electron chi connectivity index (χ4n) is 3.78. The Morgan fingerprint density at radius 3 is 2.62 bits per heavy atom. The van der Waals surface area contributed by atoms with Crippen LogP contribution in [0.15, 0.2) is 53.1 Å². The first kappa shape index (κ1) is 21.6. The van der Waals surface area contributed by atoms with E-state index in [-0.39, 0.29) is 17.6 Å². The summed E-state index contributed by atoms with van der Waals surface area (Å²) in [6.45, 7) is 2.24. The summed E-state index contributed by atoms with van der Waals surface area (Å²) in [5, 5.41) is 6.87. The standard InChI is InChI=1S/C23H24FN5O3/c24-18-7-3-16(4-8-18)22-27-23(32-28-22)17-2-1-12-29(14-17)13-11-20(30)26-19-9-5-15(6-10-19)21(25)31/h3-10,17H,1-2,11-14H2,(H2,25,31)(H,26,30). The predicted molar refractivity (Wildman–Crippen MR) is 116 cm³/mol. The molecule has 3 aromatic rings. The van der Waals surface area contributed by atoms with Crippen LogP contribution in [0.1, 0.15) is 41.4 Å². The van der Waals surface area contributed by atoms with E-state index in [2.05, 4.69) is 20.4 Å². The lowest BCUT2D eigenvalue weighted by atomic mass is 9.98. The number of nitrogens with one attached hydrogen (secondary N) is 1. The monoisotopic (exact) mass is 437 g/mol. The summed E-state index contributed by atoms with van der Waals surface area (Å²) in [5.41, 5.74) is 6.94. The molecule has 166 valence electrons. The van der Waals surface area contributed by atoms with E-state index in [1.165, 1.54) is 12.1 Å². The molecule has 0 bridgehead atoms. The van der Waals surface area contributed by atoms with Crippen LogP contribution in [0.3, 0.4) is 0 Å². The van der Waals surface area contributed by atoms with Gasteiger partial charge in [0, 0.05) is 36.3 Å². The van der Waals surface area contributed by atoms with Gasteiger partial charge < -0.3 is 20.5 Å². The van der Waals surface area contributed by atoms with Crippen molar-refractivity contribution in [2.75, 3.05) is 25.0 Å². The molecule has 1 aliphatic rings. The van der Waals surface area contributed by atoms with Crippen LogP contribution in [-0.4, -0.2) is 46.5 Å². The summed E-state index contributed by atoms with van der Waals surface area (Å²) in [6, 6.07) is 12.5. The second kappa shape index (κ2) is 9.69. The molecule has 1 aliphatic heterocycles. The minimum Gasteiger partial charge on any atom is -0.366 e. The number of carbonyl (C=O) groups is 2. The molecular weight excluding hydrogens is 413 g/mol. The van der Waals surface area contributed by atoms with Crippen molar-refractivity contribution in [1.29, 1.82) is 0 Å². The highest BCUT2D eigenvalue weighted by Crippen LogP contribution is 2.27. The summed E-state index contributed by atoms with van der Waals surface area (Å²) in [7, 11) is 0. The van der Waals surface area contributed by atoms with Crippen molar-refractivity contribution in [3.05, 3.63) is 65.8 Å². The van der Waals surface area contributed by atoms with Crippen LogP contribution < -0.4 is 11.1 Å². The first-order chi connectivity index (χ1) is 15.5. The van der Waals surface area contributed by atoms with E-state index in [0.717, 1.165) is 25.9 Å². The second-order valence-electron chi connectivity index (χ2n) is 7.84. The Morgan fingerprint density at radius 2 is 1.91 bits per heavy atom. The lowest BCUT2D eigenvalue weighted by molar-refractivity contribution is -0.116. The first-order valence-electron chi connectivity index (χ1n) is 10.5. The highest BCUT2D eigenvalue weighted by atomic mass is 19.1. The van der Waals surface area contributed by atoms with Crippen molar-refractivity contribution in [3.63, 3.8) is 0 Å². The van der Waals surface area contributed by atoms with Crippen LogP contribution in [0.2, 0.25) is 0 Å². The largest absolute Gasteiger partial charge is 0.366 e. The van der Waals surface area contributed by atoms with E-state index >= 15 is 0 Å². The van der Waals surface area contributed by atoms with Crippen LogP contribution in [-0.2, 0) is 4.79 Å². The SMILES string of the molecule is NC(=O)c1ccc(NC(=O)CCN2CCCC(c3nc(-c4ccc(F)cc4)no3)C2)cc1. The van der Waals surface area contributed by atoms with E-state index in [9.17, 15) is 14.0 Å². The number of primary amides is 1. The molecule has 1 saturated heterocycles. The van der Waals surface area contributed by atoms with Gasteiger partial charge in [-0.2, -0.15) is 4.98 Å². The Morgan fingerprint density at radius 1 is 1.16 bits per heavy atom. The van der Waals surface area contributed by atoms with Gasteiger partial charge >= 0.3 is 0 Å². The van der Waals surface area contributed by atoms with Crippen LogP contribution in [0.5, 0.6) is 0 Å². The van der Waals surface area contributed by atoms with Crippen molar-refractivity contribution < 1.29 is 18.5 Å². The number of benzene rings is 2. The zero-order valence-corrected chi connectivity index (χ0v) is 17.5. The van der Waals surface area contributed by atoms with Gasteiger partial charge in [-0.1, -0.05) is 5.16 Å². The average molecular weight is 437 g/mol. The van der Waals surface area contributed by atoms with E-state index in [4.69, 9.17) is 10.3 Å². The number of carbonyl (C=O) groups excluding carboxylic acids is 2. The number of aromatic nitrogens is 2. The van der Waals surface area contributed by atoms with E-state index in [1.54, 1.807) is 36.4 Å². The third-order valence-corrected chi connectivity index (χ3v) is 5.51. The van der Waals surface area contributed by atoms with Gasteiger partial charge in [-0.25, -0.2) is 4.39 Å². The number of rotatable bonds is 7. The van der Waals surface area contributed by atoms with Crippen LogP contribution >= 0.6 is 0 Å². The Balaban J connectivity index is 1.29. The van der Waals surface area contributed by atoms with Crippen molar-refractivity contribution in [3.8, 4) is 11.4 Å². The van der Waals surface area contributed by atoms with Gasteiger partial charge in [-0.15, -0.1) is 0 Å². The molecule has 1 fully saturated rings. The Hall–Kier alpha value is -3.59. The molecule has 1 aromatic heterocycles. The van der Waals surface area contributed by atoms with Crippen LogP contribution in [0, 0.1) is 5.82 Å². The molecule has 4 rings (SSSR count). The number of piperidine rings is 1. The molecule has 2 aromatic carbocycles. The van der Waals surface area contributed by atoms with Gasteiger partial charge in [0.15, 0.2) is 0 Å². The lowest BCUT2D eigenvalue weighted by Gasteiger charge is -2.30. The minimum atomic E-state index is -0.506. The average Bonchev–Trinajstić information content (AvgIpc) is 3.29. The minimum absolute atomic E-state index is 0.0925. The van der Waals surface area contributed by atoms with Gasteiger partial charge in [-0.3, -0.25) is 9.59 Å². The highest BCUT2D eigenvalue weighted by Gasteiger charge is 2.26. The topological polar surface area (TPSA) is 114 Å². The normalized spacial score (nSPS) is 16.6. The first-order valence-corrected chi connectivity index (χ1v) is 10.5. The Bertz CT molecular complexity index is 1080. The molecule has 8 nitrogen and oxygen atoms in total. The van der Waals surface area contributed by atoms with E-state index in [1.807, 2.05) is 0 Å². The zero-order chi connectivity index (χ0) is 22.5. The molecule has 32 heavy (non-hydrogen) atoms. The van der Waals surface area contributed by atoms with Gasteiger partial charge in [0.2, 0.25) is 23.5 Å². The molecule has 0 aliphatic carbocycles. The predicted octanol–water partition coefficient (Wildman–Crippen LogP) is 3.18. The zero-order valence-electron chi connectivity index (χ0n) is 17.5. The Kier molecular flexibility index (Phi) is 6.55. The molecular formula is C23H24FN5O3. The molecule has 0 saturated carbocycles. The molecule has 9 heteroatoms. The molecule has 0 radical (unpaired) electrons. The molecule has 1 atom stereocenters. The summed E-state index contributed by atoms with van der Waals surface area (Å²) >= 11 is 0. The number of amides is 2. The lowest BCUT2D eigenvalue weighted by Crippen LogP contribution is -2.36. The van der Waals surface area contributed by atoms with Crippen LogP contribution in [0.25, 0.3) is 11.4 Å². The number of nitrogens with two attached hydrogens (primary N) is 1. The van der Waals surface area contributed by atoms with Crippen molar-refractivity contribution in [1.82, 2.24) is 15.0 Å². The van der Waals surface area contributed by atoms with E-state index < -0.39 is 5.91 Å². The van der Waals surface area contributed by atoms with Crippen LogP contribution in [0.4, 0.5) is 10.1 Å². The van der Waals surface area contributed by atoms with Crippen molar-refractivity contribution in [2.45, 2.75) is 25.2 Å². The number of nitrogens with zero attached hydrogens (tertiary/aromatic N) is 3. The van der Waals surface area contributed by atoms with Crippen molar-refractivity contribution >= 4 is 17.5 Å². The van der Waals surface area contributed by atoms with Gasteiger partial charge in [0.05, 0.1) is 5.92 Å².